The number of ether oxygens (including phenoxy) is 1. The van der Waals surface area contributed by atoms with Crippen LogP contribution in [0.5, 0.6) is 0 Å². The highest BCUT2D eigenvalue weighted by molar-refractivity contribution is 6.41. The smallest absolute Gasteiger partial charge is 0.179 e. The zero-order chi connectivity index (χ0) is 12.6. The normalized spacial score (nSPS) is 15.1. The fourth-order valence-electron chi connectivity index (χ4n) is 1.55. The number of H-pyrrole nitrogens is 1. The fourth-order valence-corrected chi connectivity index (χ4v) is 1.84. The molecule has 0 aliphatic rings. The summed E-state index contributed by atoms with van der Waals surface area (Å²) in [6.45, 7) is 4.00. The van der Waals surface area contributed by atoms with E-state index in [-0.39, 0.29) is 5.15 Å². The Kier molecular flexibility index (Phi) is 3.30. The summed E-state index contributed by atoms with van der Waals surface area (Å²) in [6, 6.07) is 1.72. The molecule has 4 nitrogen and oxygen atoms in total. The Labute approximate surface area is 109 Å². The Morgan fingerprint density at radius 3 is 2.71 bits per heavy atom. The summed E-state index contributed by atoms with van der Waals surface area (Å²) < 4.78 is 5.48. The average Bonchev–Trinajstić information content (AvgIpc) is 2.72. The second-order valence-corrected chi connectivity index (χ2v) is 4.77. The van der Waals surface area contributed by atoms with E-state index >= 15 is 0 Å². The van der Waals surface area contributed by atoms with E-state index < -0.39 is 5.60 Å². The molecule has 0 radical (unpaired) electrons. The number of methoxy groups -OCH3 is 1. The van der Waals surface area contributed by atoms with Gasteiger partial charge in [0.15, 0.2) is 5.65 Å². The number of rotatable bonds is 3. The maximum atomic E-state index is 5.91. The average molecular weight is 274 g/mol. The summed E-state index contributed by atoms with van der Waals surface area (Å²) in [7, 11) is 1.66. The van der Waals surface area contributed by atoms with Crippen LogP contribution in [0.4, 0.5) is 0 Å². The van der Waals surface area contributed by atoms with Crippen LogP contribution < -0.4 is 0 Å². The molecule has 17 heavy (non-hydrogen) atoms. The summed E-state index contributed by atoms with van der Waals surface area (Å²) in [4.78, 5) is 11.7. The van der Waals surface area contributed by atoms with E-state index in [0.717, 1.165) is 17.8 Å². The van der Waals surface area contributed by atoms with Crippen molar-refractivity contribution in [3.8, 4) is 0 Å². The van der Waals surface area contributed by atoms with Crippen molar-refractivity contribution in [3.63, 3.8) is 0 Å². The molecule has 1 atom stereocenters. The third kappa shape index (κ3) is 2.12. The van der Waals surface area contributed by atoms with E-state index in [2.05, 4.69) is 15.0 Å². The molecular formula is C11H13Cl2N3O. The van der Waals surface area contributed by atoms with Crippen molar-refractivity contribution in [2.75, 3.05) is 7.11 Å². The minimum atomic E-state index is -0.459. The van der Waals surface area contributed by atoms with Crippen molar-refractivity contribution in [1.82, 2.24) is 15.0 Å². The SMILES string of the molecule is CCC(C)(OC)c1nc2nc(Cl)c(Cl)cc2[nH]1. The predicted octanol–water partition coefficient (Wildman–Crippen LogP) is 3.54. The molecule has 1 N–H and O–H groups in total. The van der Waals surface area contributed by atoms with Gasteiger partial charge in [-0.25, -0.2) is 9.97 Å². The molecule has 1 unspecified atom stereocenters. The van der Waals surface area contributed by atoms with E-state index in [9.17, 15) is 0 Å². The van der Waals surface area contributed by atoms with Crippen LogP contribution >= 0.6 is 23.2 Å². The zero-order valence-electron chi connectivity index (χ0n) is 9.84. The number of aromatic nitrogens is 3. The number of imidazole rings is 1. The number of pyridine rings is 1. The first-order chi connectivity index (χ1) is 8.00. The van der Waals surface area contributed by atoms with Gasteiger partial charge in [-0.1, -0.05) is 30.1 Å². The summed E-state index contributed by atoms with van der Waals surface area (Å²) in [5.74, 6) is 0.725. The van der Waals surface area contributed by atoms with Gasteiger partial charge in [0.2, 0.25) is 0 Å². The van der Waals surface area contributed by atoms with Crippen LogP contribution in [-0.4, -0.2) is 22.1 Å². The zero-order valence-corrected chi connectivity index (χ0v) is 11.4. The van der Waals surface area contributed by atoms with Crippen molar-refractivity contribution >= 4 is 34.4 Å². The standard InChI is InChI=1S/C11H13Cl2N3O/c1-4-11(2,17-3)10-14-7-5-6(12)8(13)15-9(7)16-10/h5H,4H2,1-3H3,(H,14,15,16). The van der Waals surface area contributed by atoms with Crippen LogP contribution in [0.3, 0.4) is 0 Å². The first-order valence-electron chi connectivity index (χ1n) is 5.27. The van der Waals surface area contributed by atoms with Gasteiger partial charge in [0.1, 0.15) is 16.6 Å². The lowest BCUT2D eigenvalue weighted by atomic mass is 10.0. The van der Waals surface area contributed by atoms with Gasteiger partial charge in [-0.05, 0) is 19.4 Å². The van der Waals surface area contributed by atoms with Crippen LogP contribution in [0.15, 0.2) is 6.07 Å². The van der Waals surface area contributed by atoms with Crippen LogP contribution in [-0.2, 0) is 10.3 Å². The Balaban J connectivity index is 2.58. The number of hydrogen-bond acceptors (Lipinski definition) is 3. The lowest BCUT2D eigenvalue weighted by molar-refractivity contribution is -0.00805. The van der Waals surface area contributed by atoms with Gasteiger partial charge in [0, 0.05) is 7.11 Å². The van der Waals surface area contributed by atoms with Gasteiger partial charge in [0.25, 0.3) is 0 Å². The van der Waals surface area contributed by atoms with Gasteiger partial charge in [-0.2, -0.15) is 0 Å². The van der Waals surface area contributed by atoms with E-state index in [1.54, 1.807) is 13.2 Å². The number of aromatic amines is 1. The van der Waals surface area contributed by atoms with Crippen LogP contribution in [0.2, 0.25) is 10.2 Å². The molecule has 0 amide bonds. The topological polar surface area (TPSA) is 50.8 Å². The summed E-state index contributed by atoms with van der Waals surface area (Å²) >= 11 is 11.8. The van der Waals surface area contributed by atoms with E-state index in [4.69, 9.17) is 27.9 Å². The van der Waals surface area contributed by atoms with Crippen LogP contribution in [0, 0.1) is 0 Å². The highest BCUT2D eigenvalue weighted by atomic mass is 35.5. The molecule has 0 aliphatic carbocycles. The van der Waals surface area contributed by atoms with Gasteiger partial charge in [-0.15, -0.1) is 0 Å². The number of halogens is 2. The first kappa shape index (κ1) is 12.6. The second-order valence-electron chi connectivity index (χ2n) is 4.01. The van der Waals surface area contributed by atoms with Gasteiger partial charge < -0.3 is 9.72 Å². The molecule has 0 spiro atoms. The van der Waals surface area contributed by atoms with E-state index in [0.29, 0.717) is 10.7 Å². The van der Waals surface area contributed by atoms with E-state index in [1.165, 1.54) is 0 Å². The van der Waals surface area contributed by atoms with E-state index in [1.807, 2.05) is 13.8 Å². The third-order valence-electron chi connectivity index (χ3n) is 3.01. The maximum absolute atomic E-state index is 5.91. The third-order valence-corrected chi connectivity index (χ3v) is 3.68. The highest BCUT2D eigenvalue weighted by Crippen LogP contribution is 2.29. The molecule has 0 aliphatic heterocycles. The second kappa shape index (κ2) is 4.44. The molecule has 0 fully saturated rings. The summed E-state index contributed by atoms with van der Waals surface area (Å²) in [5, 5.41) is 0.665. The van der Waals surface area contributed by atoms with Crippen molar-refractivity contribution < 1.29 is 4.74 Å². The molecule has 0 saturated heterocycles. The quantitative estimate of drug-likeness (QED) is 0.871. The Hall–Kier alpha value is -0.840. The Bertz CT molecular complexity index is 510. The van der Waals surface area contributed by atoms with Crippen molar-refractivity contribution in [2.24, 2.45) is 0 Å². The molecule has 2 aromatic rings. The molecule has 2 aromatic heterocycles. The molecule has 6 heteroatoms. The number of hydrogen-bond donors (Lipinski definition) is 1. The lowest BCUT2D eigenvalue weighted by Gasteiger charge is -2.23. The minimum Gasteiger partial charge on any atom is -0.371 e. The molecular weight excluding hydrogens is 261 g/mol. The molecule has 2 heterocycles. The number of fused-ring (bicyclic) bond motifs is 1. The largest absolute Gasteiger partial charge is 0.371 e. The molecule has 2 rings (SSSR count). The molecule has 0 aromatic carbocycles. The molecule has 92 valence electrons. The number of nitrogens with zero attached hydrogens (tertiary/aromatic N) is 2. The minimum absolute atomic E-state index is 0.257. The van der Waals surface area contributed by atoms with Gasteiger partial charge in [-0.3, -0.25) is 0 Å². The number of nitrogens with one attached hydrogen (secondary N) is 1. The van der Waals surface area contributed by atoms with Crippen molar-refractivity contribution in [2.45, 2.75) is 25.9 Å². The maximum Gasteiger partial charge on any atom is 0.179 e. The Morgan fingerprint density at radius 1 is 1.41 bits per heavy atom. The predicted molar refractivity (Wildman–Crippen MR) is 68.6 cm³/mol. The lowest BCUT2D eigenvalue weighted by Crippen LogP contribution is -2.24. The van der Waals surface area contributed by atoms with Crippen molar-refractivity contribution in [1.29, 1.82) is 0 Å². The molecule has 0 bridgehead atoms. The summed E-state index contributed by atoms with van der Waals surface area (Å²) in [5.41, 5.74) is 0.844. The van der Waals surface area contributed by atoms with Crippen LogP contribution in [0.25, 0.3) is 11.2 Å². The van der Waals surface area contributed by atoms with Crippen LogP contribution in [0.1, 0.15) is 26.1 Å². The first-order valence-corrected chi connectivity index (χ1v) is 6.03. The highest BCUT2D eigenvalue weighted by Gasteiger charge is 2.28. The van der Waals surface area contributed by atoms with Gasteiger partial charge >= 0.3 is 0 Å². The monoisotopic (exact) mass is 273 g/mol. The fraction of sp³-hybridized carbons (Fsp3) is 0.455. The summed E-state index contributed by atoms with van der Waals surface area (Å²) in [6.07, 6.45) is 0.796. The molecule has 0 saturated carbocycles. The van der Waals surface area contributed by atoms with Gasteiger partial charge in [0.05, 0.1) is 10.5 Å². The van der Waals surface area contributed by atoms with Crippen molar-refractivity contribution in [3.05, 3.63) is 22.1 Å². The Morgan fingerprint density at radius 2 is 2.12 bits per heavy atom.